The average molecular weight is 441 g/mol. The molecule has 2 aromatic carbocycles. The third-order valence-corrected chi connectivity index (χ3v) is 5.52. The maximum Gasteiger partial charge on any atom is 0.254 e. The Labute approximate surface area is 189 Å². The predicted molar refractivity (Wildman–Crippen MR) is 122 cm³/mol. The molecule has 0 saturated carbocycles. The van der Waals surface area contributed by atoms with Gasteiger partial charge in [0.2, 0.25) is 11.7 Å². The Kier molecular flexibility index (Phi) is 5.43. The number of carbonyl (C=O) groups is 1. The third kappa shape index (κ3) is 4.12. The molecule has 5 aromatic rings. The Bertz CT molecular complexity index is 1370. The van der Waals surface area contributed by atoms with E-state index in [1.54, 1.807) is 0 Å². The summed E-state index contributed by atoms with van der Waals surface area (Å²) in [5.41, 5.74) is 2.76. The monoisotopic (exact) mass is 441 g/mol. The molecule has 0 aliphatic heterocycles. The van der Waals surface area contributed by atoms with Crippen molar-refractivity contribution in [3.63, 3.8) is 0 Å². The molecule has 5 rings (SSSR count). The van der Waals surface area contributed by atoms with E-state index < -0.39 is 6.04 Å². The van der Waals surface area contributed by atoms with Crippen molar-refractivity contribution in [2.24, 2.45) is 5.92 Å². The molecule has 1 unspecified atom stereocenters. The molecule has 9 heteroatoms. The number of H-pyrrole nitrogens is 1. The maximum atomic E-state index is 13.4. The Morgan fingerprint density at radius 1 is 1.12 bits per heavy atom. The molecule has 3 aromatic heterocycles. The lowest BCUT2D eigenvalue weighted by atomic mass is 10.0. The largest absolute Gasteiger partial charge is 0.342 e. The van der Waals surface area contributed by atoms with Gasteiger partial charge < -0.3 is 14.4 Å². The van der Waals surface area contributed by atoms with Gasteiger partial charge in [0, 0.05) is 23.6 Å². The minimum atomic E-state index is -0.460. The molecule has 1 atom stereocenters. The molecular formula is C24H23N7O2. The van der Waals surface area contributed by atoms with Gasteiger partial charge in [-0.25, -0.2) is 4.98 Å². The molecule has 166 valence electrons. The second kappa shape index (κ2) is 8.70. The number of amides is 1. The lowest BCUT2D eigenvalue weighted by molar-refractivity contribution is 0.0915. The van der Waals surface area contributed by atoms with Crippen molar-refractivity contribution in [1.82, 2.24) is 35.2 Å². The molecular weight excluding hydrogens is 418 g/mol. The standard InChI is InChI=1S/C24H23N7O2/c1-15(2)20(24-28-22(30-33-24)21-25-14-26-29-21)27-23(32)18-13-31(12-16-8-4-3-5-9-16)19-11-7-6-10-17(18)19/h3-11,13-15,20H,12H2,1-2H3,(H,27,32)(H,25,26,29). The zero-order valence-electron chi connectivity index (χ0n) is 18.3. The fourth-order valence-corrected chi connectivity index (χ4v) is 3.84. The van der Waals surface area contributed by atoms with Crippen LogP contribution in [0.2, 0.25) is 0 Å². The van der Waals surface area contributed by atoms with E-state index in [2.05, 4.69) is 47.3 Å². The number of hydrogen-bond acceptors (Lipinski definition) is 6. The highest BCUT2D eigenvalue weighted by Gasteiger charge is 2.27. The lowest BCUT2D eigenvalue weighted by Gasteiger charge is -2.18. The summed E-state index contributed by atoms with van der Waals surface area (Å²) >= 11 is 0. The van der Waals surface area contributed by atoms with E-state index in [4.69, 9.17) is 4.52 Å². The Morgan fingerprint density at radius 2 is 1.91 bits per heavy atom. The predicted octanol–water partition coefficient (Wildman–Crippen LogP) is 3.98. The van der Waals surface area contributed by atoms with Crippen molar-refractivity contribution < 1.29 is 9.32 Å². The Balaban J connectivity index is 1.44. The van der Waals surface area contributed by atoms with Gasteiger partial charge in [0.1, 0.15) is 12.4 Å². The second-order valence-corrected chi connectivity index (χ2v) is 8.16. The quantitative estimate of drug-likeness (QED) is 0.395. The van der Waals surface area contributed by atoms with Gasteiger partial charge in [0.25, 0.3) is 5.91 Å². The molecule has 0 bridgehead atoms. The molecule has 1 amide bonds. The van der Waals surface area contributed by atoms with Gasteiger partial charge in [-0.1, -0.05) is 67.5 Å². The van der Waals surface area contributed by atoms with Gasteiger partial charge in [-0.05, 0) is 17.5 Å². The summed E-state index contributed by atoms with van der Waals surface area (Å²) in [4.78, 5) is 21.9. The summed E-state index contributed by atoms with van der Waals surface area (Å²) in [5.74, 6) is 0.841. The van der Waals surface area contributed by atoms with Gasteiger partial charge >= 0.3 is 0 Å². The van der Waals surface area contributed by atoms with Crippen molar-refractivity contribution in [2.75, 3.05) is 0 Å². The maximum absolute atomic E-state index is 13.4. The number of benzene rings is 2. The molecule has 3 heterocycles. The van der Waals surface area contributed by atoms with Crippen molar-refractivity contribution >= 4 is 16.8 Å². The average Bonchev–Trinajstić information content (AvgIpc) is 3.58. The first kappa shape index (κ1) is 20.6. The number of nitrogens with zero attached hydrogens (tertiary/aromatic N) is 5. The highest BCUT2D eigenvalue weighted by atomic mass is 16.5. The van der Waals surface area contributed by atoms with Crippen molar-refractivity contribution in [2.45, 2.75) is 26.4 Å². The first-order valence-electron chi connectivity index (χ1n) is 10.7. The number of aromatic amines is 1. The van der Waals surface area contributed by atoms with E-state index in [0.29, 0.717) is 29.6 Å². The van der Waals surface area contributed by atoms with Crippen LogP contribution in [0.4, 0.5) is 0 Å². The number of para-hydroxylation sites is 1. The highest BCUT2D eigenvalue weighted by molar-refractivity contribution is 6.07. The van der Waals surface area contributed by atoms with Crippen LogP contribution in [0.1, 0.15) is 41.7 Å². The SMILES string of the molecule is CC(C)C(NC(=O)c1cn(Cc2ccccc2)c2ccccc12)c1nc(-c2ncn[nH]2)no1. The number of carbonyl (C=O) groups excluding carboxylic acids is 1. The van der Waals surface area contributed by atoms with Gasteiger partial charge in [0.15, 0.2) is 5.82 Å². The smallest absolute Gasteiger partial charge is 0.254 e. The topological polar surface area (TPSA) is 115 Å². The molecule has 0 aliphatic rings. The van der Waals surface area contributed by atoms with Crippen molar-refractivity contribution in [3.8, 4) is 11.6 Å². The molecule has 0 aliphatic carbocycles. The minimum Gasteiger partial charge on any atom is -0.342 e. The van der Waals surface area contributed by atoms with E-state index in [9.17, 15) is 4.79 Å². The summed E-state index contributed by atoms with van der Waals surface area (Å²) in [5, 5.41) is 14.5. The Morgan fingerprint density at radius 3 is 2.67 bits per heavy atom. The normalized spacial score (nSPS) is 12.3. The second-order valence-electron chi connectivity index (χ2n) is 8.16. The summed E-state index contributed by atoms with van der Waals surface area (Å²) in [6, 6.07) is 17.6. The van der Waals surface area contributed by atoms with Gasteiger partial charge in [0.05, 0.1) is 5.56 Å². The van der Waals surface area contributed by atoms with Crippen molar-refractivity contribution in [3.05, 3.63) is 84.1 Å². The van der Waals surface area contributed by atoms with E-state index in [-0.39, 0.29) is 11.8 Å². The number of nitrogens with one attached hydrogen (secondary N) is 2. The van der Waals surface area contributed by atoms with E-state index in [0.717, 1.165) is 16.5 Å². The van der Waals surface area contributed by atoms with E-state index in [1.807, 2.05) is 62.5 Å². The first-order chi connectivity index (χ1) is 16.1. The van der Waals surface area contributed by atoms with Crippen molar-refractivity contribution in [1.29, 1.82) is 0 Å². The van der Waals surface area contributed by atoms with Crippen LogP contribution in [0.5, 0.6) is 0 Å². The zero-order valence-corrected chi connectivity index (χ0v) is 18.3. The molecule has 0 radical (unpaired) electrons. The van der Waals surface area contributed by atoms with E-state index >= 15 is 0 Å². The fraction of sp³-hybridized carbons (Fsp3) is 0.208. The minimum absolute atomic E-state index is 0.0228. The molecule has 0 saturated heterocycles. The molecule has 0 fully saturated rings. The van der Waals surface area contributed by atoms with Crippen LogP contribution >= 0.6 is 0 Å². The van der Waals surface area contributed by atoms with Gasteiger partial charge in [-0.15, -0.1) is 0 Å². The van der Waals surface area contributed by atoms with Crippen LogP contribution in [-0.2, 0) is 6.54 Å². The van der Waals surface area contributed by atoms with Crippen LogP contribution in [-0.4, -0.2) is 35.8 Å². The highest BCUT2D eigenvalue weighted by Crippen LogP contribution is 2.26. The molecule has 9 nitrogen and oxygen atoms in total. The van der Waals surface area contributed by atoms with Crippen LogP contribution in [0.3, 0.4) is 0 Å². The summed E-state index contributed by atoms with van der Waals surface area (Å²) in [6.07, 6.45) is 3.27. The molecule has 0 spiro atoms. The summed E-state index contributed by atoms with van der Waals surface area (Å²) in [7, 11) is 0. The fourth-order valence-electron chi connectivity index (χ4n) is 3.84. The number of hydrogen-bond donors (Lipinski definition) is 2. The third-order valence-electron chi connectivity index (χ3n) is 5.52. The number of fused-ring (bicyclic) bond motifs is 1. The number of aromatic nitrogens is 6. The van der Waals surface area contributed by atoms with Gasteiger partial charge in [-0.3, -0.25) is 9.89 Å². The van der Waals surface area contributed by atoms with Gasteiger partial charge in [-0.2, -0.15) is 10.1 Å². The molecule has 2 N–H and O–H groups in total. The number of rotatable bonds is 7. The Hall–Kier alpha value is -4.27. The van der Waals surface area contributed by atoms with E-state index in [1.165, 1.54) is 6.33 Å². The van der Waals surface area contributed by atoms with Crippen LogP contribution in [0, 0.1) is 5.92 Å². The molecule has 33 heavy (non-hydrogen) atoms. The zero-order chi connectivity index (χ0) is 22.8. The summed E-state index contributed by atoms with van der Waals surface area (Å²) in [6.45, 7) is 4.65. The van der Waals surface area contributed by atoms with Crippen LogP contribution in [0.15, 0.2) is 71.6 Å². The summed E-state index contributed by atoms with van der Waals surface area (Å²) < 4.78 is 7.55. The van der Waals surface area contributed by atoms with Crippen LogP contribution in [0.25, 0.3) is 22.6 Å². The van der Waals surface area contributed by atoms with Crippen LogP contribution < -0.4 is 5.32 Å². The lowest BCUT2D eigenvalue weighted by Crippen LogP contribution is -2.32. The first-order valence-corrected chi connectivity index (χ1v) is 10.7.